The number of carbonyl (C=O) groups is 1. The van der Waals surface area contributed by atoms with Gasteiger partial charge in [0, 0.05) is 6.54 Å². The number of amides is 2. The van der Waals surface area contributed by atoms with E-state index in [-0.39, 0.29) is 6.03 Å². The summed E-state index contributed by atoms with van der Waals surface area (Å²) >= 11 is 3.51. The maximum Gasteiger partial charge on any atom is 0.324 e. The highest BCUT2D eigenvalue weighted by molar-refractivity contribution is 7.78. The molecule has 3 nitrogen and oxygen atoms in total. The molecule has 0 aliphatic carbocycles. The fourth-order valence-corrected chi connectivity index (χ4v) is 0.321. The summed E-state index contributed by atoms with van der Waals surface area (Å²) in [5, 5.41) is 2.49. The molecular formula is C4H9N2OS. The first-order valence-electron chi connectivity index (χ1n) is 2.28. The number of hydrogen-bond acceptors (Lipinski definition) is 2. The van der Waals surface area contributed by atoms with E-state index in [0.717, 1.165) is 0 Å². The van der Waals surface area contributed by atoms with E-state index < -0.39 is 0 Å². The molecule has 4 heteroatoms. The molecule has 0 aromatic heterocycles. The standard InChI is InChI=1S/C4H9N2OS/c1-2-3-5-4(7)6-8/h8H,1-3H2,(H2,5,6,7). The van der Waals surface area contributed by atoms with E-state index in [4.69, 9.17) is 0 Å². The van der Waals surface area contributed by atoms with Crippen LogP contribution in [0.1, 0.15) is 6.42 Å². The highest BCUT2D eigenvalue weighted by Gasteiger charge is 1.89. The summed E-state index contributed by atoms with van der Waals surface area (Å²) in [4.78, 5) is 10.2. The molecular weight excluding hydrogens is 124 g/mol. The summed E-state index contributed by atoms with van der Waals surface area (Å²) in [6.07, 6.45) is 0.696. The van der Waals surface area contributed by atoms with E-state index in [2.05, 4.69) is 29.8 Å². The number of urea groups is 1. The molecule has 8 heavy (non-hydrogen) atoms. The van der Waals surface area contributed by atoms with Crippen LogP contribution in [0.2, 0.25) is 0 Å². The maximum atomic E-state index is 10.2. The first kappa shape index (κ1) is 7.62. The zero-order chi connectivity index (χ0) is 6.41. The molecule has 0 saturated heterocycles. The second-order valence-corrected chi connectivity index (χ2v) is 1.44. The van der Waals surface area contributed by atoms with Crippen molar-refractivity contribution in [2.24, 2.45) is 0 Å². The molecule has 0 aliphatic heterocycles. The first-order valence-corrected chi connectivity index (χ1v) is 2.73. The van der Waals surface area contributed by atoms with Gasteiger partial charge in [-0.25, -0.2) is 4.79 Å². The minimum Gasteiger partial charge on any atom is -0.337 e. The Hall–Kier alpha value is -0.380. The third-order valence-electron chi connectivity index (χ3n) is 0.564. The predicted molar refractivity (Wildman–Crippen MR) is 35.5 cm³/mol. The Kier molecular flexibility index (Phi) is 4.54. The van der Waals surface area contributed by atoms with Gasteiger partial charge in [0.15, 0.2) is 0 Å². The smallest absolute Gasteiger partial charge is 0.324 e. The van der Waals surface area contributed by atoms with E-state index in [0.29, 0.717) is 13.0 Å². The van der Waals surface area contributed by atoms with Crippen LogP contribution in [-0.2, 0) is 0 Å². The van der Waals surface area contributed by atoms with Crippen molar-refractivity contribution in [2.75, 3.05) is 6.54 Å². The lowest BCUT2D eigenvalue weighted by atomic mass is 10.5. The van der Waals surface area contributed by atoms with Crippen LogP contribution in [0, 0.1) is 6.92 Å². The van der Waals surface area contributed by atoms with Crippen LogP contribution in [0.5, 0.6) is 0 Å². The molecule has 47 valence electrons. The fraction of sp³-hybridized carbons (Fsp3) is 0.500. The molecule has 0 heterocycles. The molecule has 0 aliphatic rings. The number of carbonyl (C=O) groups excluding carboxylic acids is 1. The molecule has 2 N–H and O–H groups in total. The van der Waals surface area contributed by atoms with Gasteiger partial charge in [0.25, 0.3) is 0 Å². The fourth-order valence-electron chi connectivity index (χ4n) is 0.241. The molecule has 2 amide bonds. The van der Waals surface area contributed by atoms with Gasteiger partial charge < -0.3 is 5.32 Å². The third-order valence-corrected chi connectivity index (χ3v) is 0.767. The average molecular weight is 133 g/mol. The highest BCUT2D eigenvalue weighted by Crippen LogP contribution is 1.69. The number of nitrogens with one attached hydrogen (secondary N) is 2. The molecule has 0 aromatic carbocycles. The SMILES string of the molecule is [CH2]CCNC(=O)NS. The van der Waals surface area contributed by atoms with Crippen LogP contribution in [0.4, 0.5) is 4.79 Å². The van der Waals surface area contributed by atoms with Gasteiger partial charge in [0.1, 0.15) is 0 Å². The predicted octanol–water partition coefficient (Wildman–Crippen LogP) is 0.355. The molecule has 0 aromatic rings. The largest absolute Gasteiger partial charge is 0.337 e. The van der Waals surface area contributed by atoms with Crippen molar-refractivity contribution < 1.29 is 4.79 Å². The zero-order valence-corrected chi connectivity index (χ0v) is 5.37. The summed E-state index contributed by atoms with van der Waals surface area (Å²) in [5.41, 5.74) is 0. The monoisotopic (exact) mass is 133 g/mol. The second-order valence-electron chi connectivity index (χ2n) is 1.22. The summed E-state index contributed by atoms with van der Waals surface area (Å²) in [7, 11) is 0. The van der Waals surface area contributed by atoms with Crippen molar-refractivity contribution in [3.63, 3.8) is 0 Å². The summed E-state index contributed by atoms with van der Waals surface area (Å²) in [5.74, 6) is 0. The number of rotatable bonds is 2. The lowest BCUT2D eigenvalue weighted by Gasteiger charge is -1.98. The van der Waals surface area contributed by atoms with E-state index in [9.17, 15) is 4.79 Å². The maximum absolute atomic E-state index is 10.2. The summed E-state index contributed by atoms with van der Waals surface area (Å²) in [6, 6.07) is -0.281. The molecule has 0 fully saturated rings. The van der Waals surface area contributed by atoms with Crippen LogP contribution in [-0.4, -0.2) is 12.6 Å². The molecule has 0 bridgehead atoms. The van der Waals surface area contributed by atoms with Crippen molar-refractivity contribution >= 4 is 18.8 Å². The van der Waals surface area contributed by atoms with Gasteiger partial charge in [-0.1, -0.05) is 19.7 Å². The molecule has 0 rings (SSSR count). The lowest BCUT2D eigenvalue weighted by Crippen LogP contribution is -2.30. The molecule has 0 saturated carbocycles. The normalized spacial score (nSPS) is 8.25. The Morgan fingerprint density at radius 3 is 2.75 bits per heavy atom. The zero-order valence-electron chi connectivity index (χ0n) is 4.48. The molecule has 0 spiro atoms. The number of thiol groups is 1. The van der Waals surface area contributed by atoms with Gasteiger partial charge >= 0.3 is 6.03 Å². The van der Waals surface area contributed by atoms with Gasteiger partial charge in [-0.2, -0.15) is 0 Å². The van der Waals surface area contributed by atoms with Gasteiger partial charge in [-0.15, -0.1) is 0 Å². The van der Waals surface area contributed by atoms with Crippen LogP contribution < -0.4 is 10.0 Å². The molecule has 1 radical (unpaired) electrons. The van der Waals surface area contributed by atoms with Gasteiger partial charge in [0.2, 0.25) is 0 Å². The Bertz CT molecular complexity index is 76.4. The topological polar surface area (TPSA) is 41.1 Å². The first-order chi connectivity index (χ1) is 3.81. The van der Waals surface area contributed by atoms with E-state index >= 15 is 0 Å². The van der Waals surface area contributed by atoms with Crippen molar-refractivity contribution in [3.05, 3.63) is 6.92 Å². The van der Waals surface area contributed by atoms with Gasteiger partial charge in [-0.3, -0.25) is 4.72 Å². The minimum atomic E-state index is -0.281. The summed E-state index contributed by atoms with van der Waals surface area (Å²) < 4.78 is 2.12. The Morgan fingerprint density at radius 2 is 2.38 bits per heavy atom. The van der Waals surface area contributed by atoms with Gasteiger partial charge in [0.05, 0.1) is 0 Å². The van der Waals surface area contributed by atoms with Crippen molar-refractivity contribution in [2.45, 2.75) is 6.42 Å². The van der Waals surface area contributed by atoms with Gasteiger partial charge in [-0.05, 0) is 6.42 Å². The van der Waals surface area contributed by atoms with E-state index in [1.165, 1.54) is 0 Å². The van der Waals surface area contributed by atoms with E-state index in [1.807, 2.05) is 0 Å². The quantitative estimate of drug-likeness (QED) is 0.467. The summed E-state index contributed by atoms with van der Waals surface area (Å²) in [6.45, 7) is 4.11. The van der Waals surface area contributed by atoms with Crippen LogP contribution in [0.3, 0.4) is 0 Å². The second kappa shape index (κ2) is 4.77. The van der Waals surface area contributed by atoms with Crippen molar-refractivity contribution in [1.82, 2.24) is 10.0 Å². The Morgan fingerprint density at radius 1 is 1.75 bits per heavy atom. The van der Waals surface area contributed by atoms with Crippen LogP contribution in [0.25, 0.3) is 0 Å². The van der Waals surface area contributed by atoms with Crippen LogP contribution in [0.15, 0.2) is 0 Å². The van der Waals surface area contributed by atoms with Crippen molar-refractivity contribution in [1.29, 1.82) is 0 Å². The van der Waals surface area contributed by atoms with Crippen LogP contribution >= 0.6 is 12.8 Å². The van der Waals surface area contributed by atoms with E-state index in [1.54, 1.807) is 0 Å². The minimum absolute atomic E-state index is 0.281. The number of hydrogen-bond donors (Lipinski definition) is 3. The molecule has 0 unspecified atom stereocenters. The third kappa shape index (κ3) is 3.80. The Labute approximate surface area is 54.4 Å². The Balaban J connectivity index is 2.99. The van der Waals surface area contributed by atoms with Crippen molar-refractivity contribution in [3.8, 4) is 0 Å². The average Bonchev–Trinajstić information content (AvgIpc) is 1.83. The highest BCUT2D eigenvalue weighted by atomic mass is 32.1. The lowest BCUT2D eigenvalue weighted by molar-refractivity contribution is 0.247. The molecule has 0 atom stereocenters.